The zero-order chi connectivity index (χ0) is 7.33. The van der Waals surface area contributed by atoms with Crippen molar-refractivity contribution < 1.29 is 9.05 Å². The average Bonchev–Trinajstić information content (AvgIpc) is 1.89. The summed E-state index contributed by atoms with van der Waals surface area (Å²) in [4.78, 5) is 0. The van der Waals surface area contributed by atoms with Gasteiger partial charge in [-0.1, -0.05) is 11.4 Å². The van der Waals surface area contributed by atoms with Gasteiger partial charge < -0.3 is 9.05 Å². The highest BCUT2D eigenvalue weighted by Crippen LogP contribution is 2.58. The maximum atomic E-state index is 5.19. The van der Waals surface area contributed by atoms with Crippen LogP contribution in [0.15, 0.2) is 0 Å². The van der Waals surface area contributed by atoms with Gasteiger partial charge in [0.15, 0.2) is 0 Å². The van der Waals surface area contributed by atoms with Gasteiger partial charge >= 0.3 is 0 Å². The molecule has 0 saturated heterocycles. The molecule has 0 aromatic carbocycles. The van der Waals surface area contributed by atoms with E-state index in [0.717, 1.165) is 0 Å². The van der Waals surface area contributed by atoms with Crippen LogP contribution in [0.4, 0.5) is 0 Å². The predicted octanol–water partition coefficient (Wildman–Crippen LogP) is 2.26. The maximum Gasteiger partial charge on any atom is 0.246 e. The van der Waals surface area contributed by atoms with Gasteiger partial charge in [0, 0.05) is 7.11 Å². The molecule has 5 heteroatoms. The van der Waals surface area contributed by atoms with Crippen molar-refractivity contribution in [1.29, 1.82) is 0 Å². The summed E-state index contributed by atoms with van der Waals surface area (Å²) in [6.45, 7) is 2.54. The van der Waals surface area contributed by atoms with Gasteiger partial charge in [-0.3, -0.25) is 0 Å². The molecule has 0 aliphatic carbocycles. The van der Waals surface area contributed by atoms with Gasteiger partial charge in [0.1, 0.15) is 0 Å². The molecule has 1 atom stereocenters. The molecule has 0 fully saturated rings. The van der Waals surface area contributed by atoms with E-state index in [4.69, 9.17) is 20.9 Å². The molecule has 1 unspecified atom stereocenters. The highest BCUT2D eigenvalue weighted by atomic mass is 32.9. The highest BCUT2D eigenvalue weighted by molar-refractivity contribution is 8.67. The maximum absolute atomic E-state index is 5.19. The molecule has 2 nitrogen and oxygen atoms in total. The smallest absolute Gasteiger partial charge is 0.246 e. The molecule has 0 bridgehead atoms. The van der Waals surface area contributed by atoms with E-state index in [1.165, 1.54) is 11.4 Å². The number of hydrogen-bond acceptors (Lipinski definition) is 4. The molecule has 0 aromatic heterocycles. The first-order chi connectivity index (χ1) is 4.18. The zero-order valence-electron chi connectivity index (χ0n) is 5.79. The SMILES string of the molecule is CCOP(=S)(OC)SC. The molecule has 56 valence electrons. The van der Waals surface area contributed by atoms with Gasteiger partial charge in [0.25, 0.3) is 0 Å². The van der Waals surface area contributed by atoms with Crippen LogP contribution in [-0.2, 0) is 20.9 Å². The Kier molecular flexibility index (Phi) is 5.17. The van der Waals surface area contributed by atoms with Gasteiger partial charge in [-0.25, -0.2) is 0 Å². The van der Waals surface area contributed by atoms with Gasteiger partial charge in [-0.05, 0) is 25.0 Å². The third-order valence-corrected chi connectivity index (χ3v) is 6.41. The number of rotatable bonds is 4. The lowest BCUT2D eigenvalue weighted by molar-refractivity contribution is 0.310. The van der Waals surface area contributed by atoms with Crippen molar-refractivity contribution in [2.45, 2.75) is 6.92 Å². The summed E-state index contributed by atoms with van der Waals surface area (Å²) >= 11 is 6.51. The van der Waals surface area contributed by atoms with Gasteiger partial charge in [0.2, 0.25) is 5.69 Å². The fourth-order valence-corrected chi connectivity index (χ4v) is 2.41. The fourth-order valence-electron chi connectivity index (χ4n) is 0.338. The minimum atomic E-state index is -1.93. The van der Waals surface area contributed by atoms with Crippen molar-refractivity contribution in [2.24, 2.45) is 0 Å². The topological polar surface area (TPSA) is 18.5 Å². The normalized spacial score (nSPS) is 17.2. The van der Waals surface area contributed by atoms with Gasteiger partial charge in [-0.2, -0.15) is 0 Å². The van der Waals surface area contributed by atoms with Crippen molar-refractivity contribution in [2.75, 3.05) is 20.0 Å². The van der Waals surface area contributed by atoms with Crippen LogP contribution in [-0.4, -0.2) is 20.0 Å². The van der Waals surface area contributed by atoms with E-state index in [-0.39, 0.29) is 0 Å². The Hall–Kier alpha value is 0.920. The molecular weight excluding hydrogens is 175 g/mol. The Morgan fingerprint density at radius 3 is 2.33 bits per heavy atom. The standard InChI is InChI=1S/C4H11O2PS2/c1-4-6-7(8,5-2)9-3/h4H2,1-3H3. The van der Waals surface area contributed by atoms with Crippen molar-refractivity contribution >= 4 is 28.9 Å². The van der Waals surface area contributed by atoms with E-state index >= 15 is 0 Å². The third-order valence-electron chi connectivity index (χ3n) is 0.734. The third kappa shape index (κ3) is 3.58. The Bertz CT molecular complexity index is 109. The second-order valence-electron chi connectivity index (χ2n) is 1.23. The molecule has 0 aliphatic heterocycles. The quantitative estimate of drug-likeness (QED) is 0.626. The van der Waals surface area contributed by atoms with Crippen LogP contribution in [0.5, 0.6) is 0 Å². The van der Waals surface area contributed by atoms with Crippen molar-refractivity contribution in [3.63, 3.8) is 0 Å². The van der Waals surface area contributed by atoms with Crippen LogP contribution in [0.3, 0.4) is 0 Å². The van der Waals surface area contributed by atoms with E-state index in [1.807, 2.05) is 13.2 Å². The van der Waals surface area contributed by atoms with Crippen molar-refractivity contribution in [1.82, 2.24) is 0 Å². The second-order valence-corrected chi connectivity index (χ2v) is 7.79. The van der Waals surface area contributed by atoms with E-state index in [2.05, 4.69) is 0 Å². The minimum absolute atomic E-state index is 0.631. The van der Waals surface area contributed by atoms with E-state index in [1.54, 1.807) is 7.11 Å². The van der Waals surface area contributed by atoms with Gasteiger partial charge in [0.05, 0.1) is 6.61 Å². The molecular formula is C4H11O2PS2. The summed E-state index contributed by atoms with van der Waals surface area (Å²) in [5, 5.41) is 0. The van der Waals surface area contributed by atoms with E-state index < -0.39 is 5.69 Å². The van der Waals surface area contributed by atoms with Crippen LogP contribution in [0.25, 0.3) is 0 Å². The molecule has 0 amide bonds. The summed E-state index contributed by atoms with van der Waals surface area (Å²) in [5.41, 5.74) is -1.93. The monoisotopic (exact) mass is 186 g/mol. The lowest BCUT2D eigenvalue weighted by Crippen LogP contribution is -1.86. The predicted molar refractivity (Wildman–Crippen MR) is 46.4 cm³/mol. The first-order valence-corrected chi connectivity index (χ1v) is 7.01. The summed E-state index contributed by atoms with van der Waals surface area (Å²) in [6, 6.07) is 0. The largest absolute Gasteiger partial charge is 0.325 e. The lowest BCUT2D eigenvalue weighted by Gasteiger charge is -2.15. The average molecular weight is 186 g/mol. The van der Waals surface area contributed by atoms with E-state index in [9.17, 15) is 0 Å². The zero-order valence-corrected chi connectivity index (χ0v) is 8.31. The van der Waals surface area contributed by atoms with Crippen LogP contribution < -0.4 is 0 Å². The van der Waals surface area contributed by atoms with Gasteiger partial charge in [-0.15, -0.1) is 0 Å². The molecule has 0 spiro atoms. The molecule has 0 aromatic rings. The molecule has 0 rings (SSSR count). The first kappa shape index (κ1) is 9.92. The lowest BCUT2D eigenvalue weighted by atomic mass is 10.9. The molecule has 9 heavy (non-hydrogen) atoms. The Morgan fingerprint density at radius 2 is 2.22 bits per heavy atom. The summed E-state index contributed by atoms with van der Waals surface area (Å²) < 4.78 is 10.2. The summed E-state index contributed by atoms with van der Waals surface area (Å²) in [5.74, 6) is 0. The van der Waals surface area contributed by atoms with Crippen LogP contribution in [0, 0.1) is 0 Å². The minimum Gasteiger partial charge on any atom is -0.325 e. The fraction of sp³-hybridized carbons (Fsp3) is 1.00. The molecule has 0 N–H and O–H groups in total. The Balaban J connectivity index is 3.78. The molecule has 0 heterocycles. The second kappa shape index (κ2) is 4.69. The summed E-state index contributed by atoms with van der Waals surface area (Å²) in [7, 11) is 1.59. The molecule has 0 radical (unpaired) electrons. The summed E-state index contributed by atoms with van der Waals surface area (Å²) in [6.07, 6.45) is 1.90. The Morgan fingerprint density at radius 1 is 1.67 bits per heavy atom. The Labute approximate surface area is 65.2 Å². The van der Waals surface area contributed by atoms with Crippen molar-refractivity contribution in [3.05, 3.63) is 0 Å². The first-order valence-electron chi connectivity index (χ1n) is 2.54. The van der Waals surface area contributed by atoms with Crippen LogP contribution >= 0.6 is 17.1 Å². The number of hydrogen-bond donors (Lipinski definition) is 0. The molecule has 0 saturated carbocycles. The van der Waals surface area contributed by atoms with Crippen LogP contribution in [0.2, 0.25) is 0 Å². The highest BCUT2D eigenvalue weighted by Gasteiger charge is 2.12. The van der Waals surface area contributed by atoms with Crippen LogP contribution in [0.1, 0.15) is 6.92 Å². The van der Waals surface area contributed by atoms with E-state index in [0.29, 0.717) is 6.61 Å². The van der Waals surface area contributed by atoms with Crippen molar-refractivity contribution in [3.8, 4) is 0 Å². The molecule has 0 aliphatic rings.